The molecule has 0 aliphatic heterocycles. The summed E-state index contributed by atoms with van der Waals surface area (Å²) >= 11 is 0. The van der Waals surface area contributed by atoms with Crippen LogP contribution >= 0.6 is 0 Å². The van der Waals surface area contributed by atoms with Crippen LogP contribution in [0.25, 0.3) is 0 Å². The molecule has 0 bridgehead atoms. The van der Waals surface area contributed by atoms with E-state index >= 15 is 0 Å². The smallest absolute Gasteiger partial charge is 0.305 e. The Balaban J connectivity index is 1.82. The predicted octanol–water partition coefficient (Wildman–Crippen LogP) is 7.47. The highest BCUT2D eigenvalue weighted by molar-refractivity contribution is 5.68. The molecule has 2 aromatic carbocycles. The van der Waals surface area contributed by atoms with Crippen LogP contribution in [0.1, 0.15) is 94.2 Å². The maximum absolute atomic E-state index is 11.5. The fraction of sp³-hybridized carbons (Fsp3) is 0.552. The molecule has 0 saturated carbocycles. The van der Waals surface area contributed by atoms with Crippen molar-refractivity contribution in [3.8, 4) is 0 Å². The second kappa shape index (κ2) is 16.5. The zero-order chi connectivity index (χ0) is 22.9. The third kappa shape index (κ3) is 10.9. The monoisotopic (exact) mass is 438 g/mol. The molecule has 2 rings (SSSR count). The largest absolute Gasteiger partial charge is 0.466 e. The molecule has 1 unspecified atom stereocenters. The normalized spacial score (nSPS) is 11.9. The quantitative estimate of drug-likeness (QED) is 0.190. The summed E-state index contributed by atoms with van der Waals surface area (Å²) in [5.41, 5.74) is 4.02. The van der Waals surface area contributed by atoms with Gasteiger partial charge in [0.15, 0.2) is 0 Å². The van der Waals surface area contributed by atoms with E-state index in [-0.39, 0.29) is 5.97 Å². The van der Waals surface area contributed by atoms with Crippen LogP contribution in [-0.4, -0.2) is 25.8 Å². The number of hydrogen-bond acceptors (Lipinski definition) is 3. The van der Waals surface area contributed by atoms with Crippen LogP contribution in [-0.2, 0) is 20.7 Å². The predicted molar refractivity (Wildman–Crippen MR) is 133 cm³/mol. The maximum atomic E-state index is 11.5. The summed E-state index contributed by atoms with van der Waals surface area (Å²) in [5, 5.41) is 0. The summed E-state index contributed by atoms with van der Waals surface area (Å²) in [7, 11) is 0. The molecule has 0 amide bonds. The van der Waals surface area contributed by atoms with E-state index in [1.807, 2.05) is 6.92 Å². The van der Waals surface area contributed by atoms with Gasteiger partial charge in [-0.15, -0.1) is 0 Å². The van der Waals surface area contributed by atoms with Crippen LogP contribution in [0, 0.1) is 0 Å². The average Bonchev–Trinajstić information content (AvgIpc) is 2.83. The van der Waals surface area contributed by atoms with Gasteiger partial charge in [-0.25, -0.2) is 0 Å². The van der Waals surface area contributed by atoms with Crippen LogP contribution in [0.3, 0.4) is 0 Å². The average molecular weight is 439 g/mol. The minimum Gasteiger partial charge on any atom is -0.466 e. The molecule has 176 valence electrons. The molecule has 32 heavy (non-hydrogen) atoms. The second-order valence-corrected chi connectivity index (χ2v) is 8.63. The number of esters is 1. The fourth-order valence-corrected chi connectivity index (χ4v) is 3.96. The molecule has 0 spiro atoms. The zero-order valence-electron chi connectivity index (χ0n) is 20.2. The molecule has 1 atom stereocenters. The number of unbranched alkanes of at least 4 members (excludes halogenated alkanes) is 4. The van der Waals surface area contributed by atoms with Crippen LogP contribution in [0.5, 0.6) is 0 Å². The van der Waals surface area contributed by atoms with E-state index in [1.54, 1.807) is 0 Å². The second-order valence-electron chi connectivity index (χ2n) is 8.63. The Morgan fingerprint density at radius 3 is 2.12 bits per heavy atom. The van der Waals surface area contributed by atoms with Gasteiger partial charge >= 0.3 is 5.97 Å². The number of hydrogen-bond donors (Lipinski definition) is 0. The lowest BCUT2D eigenvalue weighted by molar-refractivity contribution is -0.143. The molecule has 0 saturated heterocycles. The van der Waals surface area contributed by atoms with Gasteiger partial charge in [0.05, 0.1) is 6.61 Å². The Bertz CT molecular complexity index is 724. The van der Waals surface area contributed by atoms with Crippen molar-refractivity contribution in [3.63, 3.8) is 0 Å². The molecular formula is C29H42O3. The van der Waals surface area contributed by atoms with Crippen molar-refractivity contribution in [1.82, 2.24) is 0 Å². The molecule has 0 aromatic heterocycles. The highest BCUT2D eigenvalue weighted by Gasteiger charge is 2.13. The third-order valence-electron chi connectivity index (χ3n) is 5.95. The topological polar surface area (TPSA) is 35.5 Å². The Kier molecular flexibility index (Phi) is 13.5. The first-order chi connectivity index (χ1) is 15.7. The van der Waals surface area contributed by atoms with E-state index in [4.69, 9.17) is 9.47 Å². The van der Waals surface area contributed by atoms with Crippen molar-refractivity contribution < 1.29 is 14.3 Å². The van der Waals surface area contributed by atoms with Crippen LogP contribution in [0.15, 0.2) is 54.6 Å². The fourth-order valence-electron chi connectivity index (χ4n) is 3.96. The van der Waals surface area contributed by atoms with Crippen molar-refractivity contribution in [2.24, 2.45) is 0 Å². The van der Waals surface area contributed by atoms with Crippen molar-refractivity contribution in [2.45, 2.75) is 84.0 Å². The van der Waals surface area contributed by atoms with Gasteiger partial charge in [-0.05, 0) is 54.7 Å². The van der Waals surface area contributed by atoms with Crippen molar-refractivity contribution in [2.75, 3.05) is 19.8 Å². The van der Waals surface area contributed by atoms with E-state index in [1.165, 1.54) is 48.8 Å². The van der Waals surface area contributed by atoms with Crippen molar-refractivity contribution in [3.05, 3.63) is 71.3 Å². The summed E-state index contributed by atoms with van der Waals surface area (Å²) < 4.78 is 11.1. The first kappa shape index (κ1) is 26.1. The van der Waals surface area contributed by atoms with Gasteiger partial charge in [0.1, 0.15) is 0 Å². The molecule has 3 nitrogen and oxygen atoms in total. The summed E-state index contributed by atoms with van der Waals surface area (Å²) in [5.74, 6) is 0.318. The van der Waals surface area contributed by atoms with Crippen molar-refractivity contribution in [1.29, 1.82) is 0 Å². The lowest BCUT2D eigenvalue weighted by Gasteiger charge is -2.18. The van der Waals surface area contributed by atoms with Crippen molar-refractivity contribution >= 4 is 5.97 Å². The highest BCUT2D eigenvalue weighted by atomic mass is 16.5. The van der Waals surface area contributed by atoms with Gasteiger partial charge in [0.25, 0.3) is 0 Å². The molecule has 0 radical (unpaired) electrons. The summed E-state index contributed by atoms with van der Waals surface area (Å²) in [6.45, 7) is 6.33. The number of ether oxygens (including phenoxy) is 2. The van der Waals surface area contributed by atoms with E-state index in [0.717, 1.165) is 38.9 Å². The Morgan fingerprint density at radius 2 is 1.44 bits per heavy atom. The van der Waals surface area contributed by atoms with Gasteiger partial charge in [-0.2, -0.15) is 0 Å². The van der Waals surface area contributed by atoms with Crippen LogP contribution < -0.4 is 0 Å². The van der Waals surface area contributed by atoms with Crippen LogP contribution in [0.4, 0.5) is 0 Å². The molecule has 0 aliphatic rings. The van der Waals surface area contributed by atoms with E-state index in [0.29, 0.717) is 18.9 Å². The van der Waals surface area contributed by atoms with Gasteiger partial charge in [-0.1, -0.05) is 94.1 Å². The van der Waals surface area contributed by atoms with Gasteiger partial charge in [0, 0.05) is 19.6 Å². The Hall–Kier alpha value is -2.13. The van der Waals surface area contributed by atoms with E-state index in [9.17, 15) is 4.79 Å². The molecule has 0 fully saturated rings. The van der Waals surface area contributed by atoms with E-state index in [2.05, 4.69) is 61.5 Å². The minimum atomic E-state index is -0.109. The summed E-state index contributed by atoms with van der Waals surface area (Å²) in [6.07, 6.45) is 10.6. The molecule has 0 N–H and O–H groups in total. The van der Waals surface area contributed by atoms with Gasteiger partial charge < -0.3 is 9.47 Å². The molecular weight excluding hydrogens is 396 g/mol. The zero-order valence-corrected chi connectivity index (χ0v) is 20.2. The first-order valence-electron chi connectivity index (χ1n) is 12.6. The highest BCUT2D eigenvalue weighted by Crippen LogP contribution is 2.27. The Morgan fingerprint density at radius 1 is 0.750 bits per heavy atom. The minimum absolute atomic E-state index is 0.109. The molecule has 0 aliphatic carbocycles. The summed E-state index contributed by atoms with van der Waals surface area (Å²) in [4.78, 5) is 11.5. The number of rotatable bonds is 17. The standard InChI is InChI=1S/C29H42O3/c1-3-5-11-21-31-22-12-7-10-15-27(20-23-32-29(30)4-2)28-18-16-26(17-19-28)24-25-13-8-6-9-14-25/h6,8-9,13-14,16-19,27H,3-5,7,10-12,15,20-24H2,1-2H3. The van der Waals surface area contributed by atoms with Gasteiger partial charge in [0.2, 0.25) is 0 Å². The molecule has 0 heterocycles. The van der Waals surface area contributed by atoms with Gasteiger partial charge in [-0.3, -0.25) is 4.79 Å². The summed E-state index contributed by atoms with van der Waals surface area (Å²) in [6, 6.07) is 19.6. The third-order valence-corrected chi connectivity index (χ3v) is 5.95. The molecule has 2 aromatic rings. The number of carbonyl (C=O) groups excluding carboxylic acids is 1. The van der Waals surface area contributed by atoms with Crippen LogP contribution in [0.2, 0.25) is 0 Å². The maximum Gasteiger partial charge on any atom is 0.305 e. The van der Waals surface area contributed by atoms with E-state index < -0.39 is 0 Å². The first-order valence-corrected chi connectivity index (χ1v) is 12.6. The molecule has 3 heteroatoms. The number of carbonyl (C=O) groups is 1. The SMILES string of the molecule is CCCCCOCCCCCC(CCOC(=O)CC)c1ccc(Cc2ccccc2)cc1. The number of benzene rings is 2. The lowest BCUT2D eigenvalue weighted by Crippen LogP contribution is -2.09. The lowest BCUT2D eigenvalue weighted by atomic mass is 9.89. The Labute approximate surface area is 195 Å².